The molecule has 0 saturated carbocycles. The van der Waals surface area contributed by atoms with Gasteiger partial charge in [-0.1, -0.05) is 22.9 Å². The molecule has 2 heterocycles. The minimum absolute atomic E-state index is 0.0306. The number of carbonyl (C=O) groups excluding carboxylic acids is 1. The van der Waals surface area contributed by atoms with Gasteiger partial charge in [-0.3, -0.25) is 4.79 Å². The van der Waals surface area contributed by atoms with Gasteiger partial charge in [0.1, 0.15) is 0 Å². The second kappa shape index (κ2) is 6.27. The molecule has 3 rings (SSSR count). The summed E-state index contributed by atoms with van der Waals surface area (Å²) in [4.78, 5) is 14.4. The van der Waals surface area contributed by atoms with Gasteiger partial charge in [0.25, 0.3) is 5.91 Å². The van der Waals surface area contributed by atoms with Gasteiger partial charge in [-0.05, 0) is 45.0 Å². The van der Waals surface area contributed by atoms with Crippen molar-refractivity contribution in [1.82, 2.24) is 25.2 Å². The molecule has 6 nitrogen and oxygen atoms in total. The number of rotatable bonds is 4. The SMILES string of the molecule is CNCC1CCN(C(=O)c2cn(-c3ccc(C)cc3)nn2)C1. The number of likely N-dealkylation sites (tertiary alicyclic amines) is 1. The maximum Gasteiger partial charge on any atom is 0.276 e. The highest BCUT2D eigenvalue weighted by Gasteiger charge is 2.28. The Morgan fingerprint density at radius 3 is 2.86 bits per heavy atom. The predicted molar refractivity (Wildman–Crippen MR) is 84.0 cm³/mol. The molecule has 1 aromatic carbocycles. The highest BCUT2D eigenvalue weighted by Crippen LogP contribution is 2.18. The van der Waals surface area contributed by atoms with Crippen molar-refractivity contribution in [3.8, 4) is 5.69 Å². The molecule has 22 heavy (non-hydrogen) atoms. The lowest BCUT2D eigenvalue weighted by atomic mass is 10.1. The smallest absolute Gasteiger partial charge is 0.276 e. The van der Waals surface area contributed by atoms with E-state index in [9.17, 15) is 4.79 Å². The predicted octanol–water partition coefficient (Wildman–Crippen LogP) is 1.26. The fourth-order valence-electron chi connectivity index (χ4n) is 2.82. The van der Waals surface area contributed by atoms with Gasteiger partial charge < -0.3 is 10.2 Å². The molecule has 6 heteroatoms. The van der Waals surface area contributed by atoms with E-state index in [1.54, 1.807) is 10.9 Å². The Bertz CT molecular complexity index is 649. The molecule has 1 aromatic heterocycles. The van der Waals surface area contributed by atoms with Gasteiger partial charge in [0.15, 0.2) is 5.69 Å². The number of hydrogen-bond donors (Lipinski definition) is 1. The van der Waals surface area contributed by atoms with E-state index in [1.165, 1.54) is 5.56 Å². The summed E-state index contributed by atoms with van der Waals surface area (Å²) in [5, 5.41) is 11.3. The third-order valence-corrected chi connectivity index (χ3v) is 4.08. The van der Waals surface area contributed by atoms with E-state index >= 15 is 0 Å². The van der Waals surface area contributed by atoms with Crippen LogP contribution in [0.15, 0.2) is 30.5 Å². The number of benzene rings is 1. The number of amides is 1. The van der Waals surface area contributed by atoms with Crippen LogP contribution in [0, 0.1) is 12.8 Å². The Labute approximate surface area is 130 Å². The molecule has 1 aliphatic rings. The van der Waals surface area contributed by atoms with Crippen molar-refractivity contribution >= 4 is 5.91 Å². The van der Waals surface area contributed by atoms with Gasteiger partial charge in [0, 0.05) is 13.1 Å². The zero-order chi connectivity index (χ0) is 15.5. The van der Waals surface area contributed by atoms with Crippen LogP contribution in [0.5, 0.6) is 0 Å². The Hall–Kier alpha value is -2.21. The van der Waals surface area contributed by atoms with Crippen LogP contribution in [0.4, 0.5) is 0 Å². The Balaban J connectivity index is 1.71. The lowest BCUT2D eigenvalue weighted by Crippen LogP contribution is -2.30. The molecule has 0 radical (unpaired) electrons. The summed E-state index contributed by atoms with van der Waals surface area (Å²) in [5.74, 6) is 0.498. The standard InChI is InChI=1S/C16H21N5O/c1-12-3-5-14(6-4-12)21-11-15(18-19-21)16(22)20-8-7-13(10-20)9-17-2/h3-6,11,13,17H,7-10H2,1-2H3. The Morgan fingerprint density at radius 1 is 1.36 bits per heavy atom. The van der Waals surface area contributed by atoms with E-state index in [4.69, 9.17) is 0 Å². The van der Waals surface area contributed by atoms with E-state index in [1.807, 2.05) is 43.1 Å². The highest BCUT2D eigenvalue weighted by molar-refractivity contribution is 5.92. The zero-order valence-electron chi connectivity index (χ0n) is 13.0. The number of nitrogens with one attached hydrogen (secondary N) is 1. The molecule has 2 aromatic rings. The summed E-state index contributed by atoms with van der Waals surface area (Å²) in [6.45, 7) is 4.56. The van der Waals surface area contributed by atoms with Gasteiger partial charge >= 0.3 is 0 Å². The second-order valence-electron chi connectivity index (χ2n) is 5.85. The fourth-order valence-corrected chi connectivity index (χ4v) is 2.82. The molecule has 1 amide bonds. The molecule has 116 valence electrons. The average molecular weight is 299 g/mol. The maximum absolute atomic E-state index is 12.5. The quantitative estimate of drug-likeness (QED) is 0.923. The van der Waals surface area contributed by atoms with E-state index in [0.717, 1.165) is 31.7 Å². The van der Waals surface area contributed by atoms with Crippen molar-refractivity contribution in [1.29, 1.82) is 0 Å². The van der Waals surface area contributed by atoms with Crippen LogP contribution in [0.25, 0.3) is 5.69 Å². The van der Waals surface area contributed by atoms with Crippen LogP contribution < -0.4 is 5.32 Å². The number of aromatic nitrogens is 3. The van der Waals surface area contributed by atoms with Gasteiger partial charge in [0.05, 0.1) is 11.9 Å². The first-order chi connectivity index (χ1) is 10.7. The summed E-state index contributed by atoms with van der Waals surface area (Å²) in [6, 6.07) is 7.97. The largest absolute Gasteiger partial charge is 0.337 e. The molecule has 1 unspecified atom stereocenters. The van der Waals surface area contributed by atoms with E-state index < -0.39 is 0 Å². The van der Waals surface area contributed by atoms with E-state index in [0.29, 0.717) is 11.6 Å². The van der Waals surface area contributed by atoms with E-state index in [2.05, 4.69) is 15.6 Å². The highest BCUT2D eigenvalue weighted by atomic mass is 16.2. The molecule has 1 N–H and O–H groups in total. The first kappa shape index (κ1) is 14.7. The first-order valence-electron chi connectivity index (χ1n) is 7.60. The topological polar surface area (TPSA) is 63.1 Å². The van der Waals surface area contributed by atoms with Gasteiger partial charge in [0.2, 0.25) is 0 Å². The molecule has 0 spiro atoms. The Morgan fingerprint density at radius 2 is 2.14 bits per heavy atom. The average Bonchev–Trinajstić information content (AvgIpc) is 3.17. The molecule has 1 atom stereocenters. The molecular weight excluding hydrogens is 278 g/mol. The molecule has 1 fully saturated rings. The van der Waals surface area contributed by atoms with Crippen LogP contribution in [-0.2, 0) is 0 Å². The summed E-state index contributed by atoms with van der Waals surface area (Å²) in [7, 11) is 1.94. The van der Waals surface area contributed by atoms with Crippen molar-refractivity contribution in [2.45, 2.75) is 13.3 Å². The monoisotopic (exact) mass is 299 g/mol. The number of hydrogen-bond acceptors (Lipinski definition) is 4. The number of carbonyl (C=O) groups is 1. The van der Waals surface area contributed by atoms with Crippen molar-refractivity contribution in [3.05, 3.63) is 41.7 Å². The molecule has 0 aliphatic carbocycles. The summed E-state index contributed by atoms with van der Waals surface area (Å²) < 4.78 is 1.65. The minimum Gasteiger partial charge on any atom is -0.337 e. The van der Waals surface area contributed by atoms with Crippen molar-refractivity contribution in [2.24, 2.45) is 5.92 Å². The number of aryl methyl sites for hydroxylation is 1. The molecule has 0 bridgehead atoms. The van der Waals surface area contributed by atoms with Crippen molar-refractivity contribution in [3.63, 3.8) is 0 Å². The van der Waals surface area contributed by atoms with Crippen LogP contribution in [0.2, 0.25) is 0 Å². The summed E-state index contributed by atoms with van der Waals surface area (Å²) in [6.07, 6.45) is 2.75. The van der Waals surface area contributed by atoms with Crippen LogP contribution in [0.1, 0.15) is 22.5 Å². The zero-order valence-corrected chi connectivity index (χ0v) is 13.0. The maximum atomic E-state index is 12.5. The number of nitrogens with zero attached hydrogens (tertiary/aromatic N) is 4. The van der Waals surface area contributed by atoms with Crippen molar-refractivity contribution < 1.29 is 4.79 Å². The first-order valence-corrected chi connectivity index (χ1v) is 7.60. The van der Waals surface area contributed by atoms with Crippen LogP contribution in [-0.4, -0.2) is 52.5 Å². The summed E-state index contributed by atoms with van der Waals surface area (Å²) in [5.41, 5.74) is 2.50. The third kappa shape index (κ3) is 3.01. The van der Waals surface area contributed by atoms with Crippen LogP contribution in [0.3, 0.4) is 0 Å². The van der Waals surface area contributed by atoms with Gasteiger partial charge in [-0.25, -0.2) is 4.68 Å². The summed E-state index contributed by atoms with van der Waals surface area (Å²) >= 11 is 0. The minimum atomic E-state index is -0.0306. The molecular formula is C16H21N5O. The van der Waals surface area contributed by atoms with Crippen molar-refractivity contribution in [2.75, 3.05) is 26.7 Å². The molecule has 1 aliphatic heterocycles. The van der Waals surface area contributed by atoms with E-state index in [-0.39, 0.29) is 5.91 Å². The Kier molecular flexibility index (Phi) is 4.20. The second-order valence-corrected chi connectivity index (χ2v) is 5.85. The fraction of sp³-hybridized carbons (Fsp3) is 0.438. The van der Waals surface area contributed by atoms with Gasteiger partial charge in [-0.2, -0.15) is 0 Å². The normalized spacial score (nSPS) is 17.9. The third-order valence-electron chi connectivity index (χ3n) is 4.08. The lowest BCUT2D eigenvalue weighted by Gasteiger charge is -2.14. The van der Waals surface area contributed by atoms with Gasteiger partial charge in [-0.15, -0.1) is 5.10 Å². The van der Waals surface area contributed by atoms with Crippen LogP contribution >= 0.6 is 0 Å². The molecule has 1 saturated heterocycles. The lowest BCUT2D eigenvalue weighted by molar-refractivity contribution is 0.0781.